The Hall–Kier alpha value is -3.54. The number of non-ortho nitro benzene ring substituents is 1. The van der Waals surface area contributed by atoms with Crippen LogP contribution in [0.25, 0.3) is 10.8 Å². The number of nitro benzene ring substituents is 1. The van der Waals surface area contributed by atoms with Crippen LogP contribution in [0, 0.1) is 17.0 Å². The van der Waals surface area contributed by atoms with Gasteiger partial charge in [0.1, 0.15) is 16.3 Å². The van der Waals surface area contributed by atoms with Crippen LogP contribution in [0.4, 0.5) is 30.2 Å². The van der Waals surface area contributed by atoms with Crippen LogP contribution in [-0.4, -0.2) is 24.0 Å². The summed E-state index contributed by atoms with van der Waals surface area (Å²) in [6, 6.07) is 9.80. The molecule has 1 N–H and O–H groups in total. The standard InChI is InChI=1S/C18H12F3N3O5S/c1-10-8-15(12-4-2-3-5-13(12)17(10)25)23-22-14-7-6-11(24(26)27)9-16(14)30(28,29)18(19,20)21/h2-9,25H,1H3. The molecule has 8 nitrogen and oxygen atoms in total. The number of phenols is 1. The SMILES string of the molecule is Cc1cc(N=Nc2ccc([N+](=O)[O-])cc2S(=O)(=O)C(F)(F)F)c2ccccc2c1O. The Morgan fingerprint density at radius 2 is 1.60 bits per heavy atom. The summed E-state index contributed by atoms with van der Waals surface area (Å²) in [5.74, 6) is -0.0137. The van der Waals surface area contributed by atoms with Crippen molar-refractivity contribution in [3.05, 3.63) is 64.2 Å². The van der Waals surface area contributed by atoms with Crippen LogP contribution in [0.1, 0.15) is 5.56 Å². The van der Waals surface area contributed by atoms with Gasteiger partial charge in [0.15, 0.2) is 0 Å². The second-order valence-electron chi connectivity index (χ2n) is 6.17. The monoisotopic (exact) mass is 439 g/mol. The molecule has 0 unspecified atom stereocenters. The molecule has 0 radical (unpaired) electrons. The number of azo groups is 1. The summed E-state index contributed by atoms with van der Waals surface area (Å²) in [6.07, 6.45) is 0. The highest BCUT2D eigenvalue weighted by Gasteiger charge is 2.48. The molecule has 0 amide bonds. The van der Waals surface area contributed by atoms with E-state index in [2.05, 4.69) is 10.2 Å². The number of rotatable bonds is 4. The number of phenolic OH excluding ortho intramolecular Hbond substituents is 1. The summed E-state index contributed by atoms with van der Waals surface area (Å²) < 4.78 is 62.9. The van der Waals surface area contributed by atoms with Crippen LogP contribution in [0.2, 0.25) is 0 Å². The van der Waals surface area contributed by atoms with Crippen molar-refractivity contribution in [2.24, 2.45) is 10.2 Å². The average molecular weight is 439 g/mol. The van der Waals surface area contributed by atoms with Crippen molar-refractivity contribution in [2.75, 3.05) is 0 Å². The molecule has 0 aromatic heterocycles. The molecule has 0 spiro atoms. The summed E-state index contributed by atoms with van der Waals surface area (Å²) in [5, 5.41) is 29.3. The minimum Gasteiger partial charge on any atom is -0.507 e. The van der Waals surface area contributed by atoms with Crippen LogP contribution >= 0.6 is 0 Å². The number of aryl methyl sites for hydroxylation is 1. The van der Waals surface area contributed by atoms with Crippen LogP contribution in [-0.2, 0) is 9.84 Å². The molecule has 0 fully saturated rings. The third-order valence-electron chi connectivity index (χ3n) is 4.20. The fourth-order valence-electron chi connectivity index (χ4n) is 2.71. The van der Waals surface area contributed by atoms with Crippen LogP contribution in [0.15, 0.2) is 63.7 Å². The lowest BCUT2D eigenvalue weighted by molar-refractivity contribution is -0.385. The summed E-state index contributed by atoms with van der Waals surface area (Å²) in [5.41, 5.74) is -6.67. The van der Waals surface area contributed by atoms with Crippen LogP contribution in [0.3, 0.4) is 0 Å². The predicted molar refractivity (Wildman–Crippen MR) is 101 cm³/mol. The maximum atomic E-state index is 13.0. The van der Waals surface area contributed by atoms with Crippen LogP contribution in [0.5, 0.6) is 5.75 Å². The highest BCUT2D eigenvalue weighted by atomic mass is 32.2. The third kappa shape index (κ3) is 3.68. The Balaban J connectivity index is 2.21. The van der Waals surface area contributed by atoms with Crippen molar-refractivity contribution in [2.45, 2.75) is 17.3 Å². The number of halogens is 3. The summed E-state index contributed by atoms with van der Waals surface area (Å²) in [7, 11) is -5.92. The first-order chi connectivity index (χ1) is 13.9. The number of aromatic hydroxyl groups is 1. The van der Waals surface area contributed by atoms with E-state index in [1.165, 1.54) is 6.07 Å². The minimum absolute atomic E-state index is 0.0137. The quantitative estimate of drug-likeness (QED) is 0.328. The molecule has 30 heavy (non-hydrogen) atoms. The smallest absolute Gasteiger partial charge is 0.501 e. The number of nitro groups is 1. The lowest BCUT2D eigenvalue weighted by Gasteiger charge is -2.10. The van der Waals surface area contributed by atoms with Gasteiger partial charge in [-0.1, -0.05) is 24.3 Å². The van der Waals surface area contributed by atoms with Crippen molar-refractivity contribution < 1.29 is 31.6 Å². The predicted octanol–water partition coefficient (Wildman–Crippen LogP) is 5.47. The van der Waals surface area contributed by atoms with Crippen molar-refractivity contribution >= 4 is 37.7 Å². The van der Waals surface area contributed by atoms with Crippen molar-refractivity contribution in [3.8, 4) is 5.75 Å². The second-order valence-corrected chi connectivity index (χ2v) is 8.07. The molecule has 0 aliphatic carbocycles. The molecule has 0 saturated carbocycles. The zero-order chi connectivity index (χ0) is 22.3. The maximum absolute atomic E-state index is 13.0. The zero-order valence-electron chi connectivity index (χ0n) is 15.1. The van der Waals surface area contributed by atoms with Crippen molar-refractivity contribution in [3.63, 3.8) is 0 Å². The molecule has 3 aromatic rings. The van der Waals surface area contributed by atoms with E-state index in [-0.39, 0.29) is 17.5 Å². The Morgan fingerprint density at radius 1 is 1.00 bits per heavy atom. The molecule has 0 aliphatic rings. The number of hydrogen-bond donors (Lipinski definition) is 1. The highest BCUT2D eigenvalue weighted by Crippen LogP contribution is 2.40. The molecule has 0 saturated heterocycles. The number of fused-ring (bicyclic) bond motifs is 1. The van der Waals surface area contributed by atoms with Gasteiger partial charge < -0.3 is 5.11 Å². The van der Waals surface area contributed by atoms with E-state index < -0.39 is 36.5 Å². The Kier molecular flexibility index (Phi) is 5.20. The van der Waals surface area contributed by atoms with Gasteiger partial charge >= 0.3 is 5.51 Å². The number of benzene rings is 3. The second kappa shape index (κ2) is 7.37. The summed E-state index contributed by atoms with van der Waals surface area (Å²) >= 11 is 0. The maximum Gasteiger partial charge on any atom is 0.501 e. The lowest BCUT2D eigenvalue weighted by Crippen LogP contribution is -2.23. The Bertz CT molecular complexity index is 1300. The van der Waals surface area contributed by atoms with Gasteiger partial charge in [-0.15, -0.1) is 10.2 Å². The molecule has 12 heteroatoms. The number of sulfone groups is 1. The van der Waals surface area contributed by atoms with E-state index in [1.54, 1.807) is 31.2 Å². The first-order valence-electron chi connectivity index (χ1n) is 8.16. The number of nitrogens with zero attached hydrogens (tertiary/aromatic N) is 3. The first-order valence-corrected chi connectivity index (χ1v) is 9.64. The van der Waals surface area contributed by atoms with E-state index >= 15 is 0 Å². The molecule has 0 aliphatic heterocycles. The van der Waals surface area contributed by atoms with Gasteiger partial charge in [-0.2, -0.15) is 13.2 Å². The molecule has 0 heterocycles. The van der Waals surface area contributed by atoms with E-state index in [9.17, 15) is 36.8 Å². The van der Waals surface area contributed by atoms with E-state index in [1.807, 2.05) is 0 Å². The largest absolute Gasteiger partial charge is 0.507 e. The van der Waals surface area contributed by atoms with Crippen molar-refractivity contribution in [1.29, 1.82) is 0 Å². The van der Waals surface area contributed by atoms with Gasteiger partial charge in [0, 0.05) is 22.9 Å². The van der Waals surface area contributed by atoms with Gasteiger partial charge in [-0.05, 0) is 24.6 Å². The topological polar surface area (TPSA) is 122 Å². The van der Waals surface area contributed by atoms with Gasteiger partial charge in [0.25, 0.3) is 15.5 Å². The fourth-order valence-corrected chi connectivity index (χ4v) is 3.62. The number of alkyl halides is 3. The van der Waals surface area contributed by atoms with Gasteiger partial charge in [0.2, 0.25) is 0 Å². The fraction of sp³-hybridized carbons (Fsp3) is 0.111. The third-order valence-corrected chi connectivity index (χ3v) is 5.71. The minimum atomic E-state index is -5.92. The average Bonchev–Trinajstić information content (AvgIpc) is 2.68. The molecule has 0 atom stereocenters. The molecular weight excluding hydrogens is 427 g/mol. The Morgan fingerprint density at radius 3 is 2.20 bits per heavy atom. The Labute approximate surface area is 167 Å². The normalized spacial score (nSPS) is 12.5. The number of hydrogen-bond acceptors (Lipinski definition) is 7. The zero-order valence-corrected chi connectivity index (χ0v) is 15.9. The molecule has 156 valence electrons. The first kappa shape index (κ1) is 21.2. The van der Waals surface area contributed by atoms with Gasteiger partial charge in [-0.25, -0.2) is 8.42 Å². The van der Waals surface area contributed by atoms with Gasteiger partial charge in [0.05, 0.1) is 10.6 Å². The van der Waals surface area contributed by atoms with Crippen LogP contribution < -0.4 is 0 Å². The van der Waals surface area contributed by atoms with E-state index in [0.29, 0.717) is 16.3 Å². The highest BCUT2D eigenvalue weighted by molar-refractivity contribution is 7.92. The lowest BCUT2D eigenvalue weighted by atomic mass is 10.0. The summed E-state index contributed by atoms with van der Waals surface area (Å²) in [4.78, 5) is 8.49. The van der Waals surface area contributed by atoms with Gasteiger partial charge in [-0.3, -0.25) is 10.1 Å². The van der Waals surface area contributed by atoms with E-state index in [0.717, 1.165) is 12.1 Å². The van der Waals surface area contributed by atoms with Crippen molar-refractivity contribution in [1.82, 2.24) is 0 Å². The molecular formula is C18H12F3N3O5S. The molecule has 3 rings (SSSR count). The molecule has 3 aromatic carbocycles. The summed E-state index contributed by atoms with van der Waals surface area (Å²) in [6.45, 7) is 1.58. The molecule has 0 bridgehead atoms. The van der Waals surface area contributed by atoms with E-state index in [4.69, 9.17) is 0 Å².